The second-order valence-electron chi connectivity index (χ2n) is 5.06. The normalized spacial score (nSPS) is 10.5. The van der Waals surface area contributed by atoms with Crippen molar-refractivity contribution in [2.75, 3.05) is 0 Å². The van der Waals surface area contributed by atoms with E-state index < -0.39 is 7.12 Å². The van der Waals surface area contributed by atoms with Crippen molar-refractivity contribution in [3.8, 4) is 17.2 Å². The van der Waals surface area contributed by atoms with Crippen molar-refractivity contribution in [1.29, 1.82) is 0 Å². The van der Waals surface area contributed by atoms with Gasteiger partial charge in [0.1, 0.15) is 5.75 Å². The van der Waals surface area contributed by atoms with E-state index in [2.05, 4.69) is 10.1 Å². The number of carbonyl (C=O) groups excluding carboxylic acids is 1. The highest BCUT2D eigenvalue weighted by Crippen LogP contribution is 2.21. The molecule has 0 amide bonds. The van der Waals surface area contributed by atoms with E-state index in [1.54, 1.807) is 30.3 Å². The molecule has 0 aliphatic rings. The van der Waals surface area contributed by atoms with Crippen molar-refractivity contribution < 1.29 is 24.1 Å². The maximum Gasteiger partial charge on any atom is 0.489 e. The third-order valence-corrected chi connectivity index (χ3v) is 3.66. The number of rotatable bonds is 6. The summed E-state index contributed by atoms with van der Waals surface area (Å²) in [4.78, 5) is 15.4. The zero-order valence-corrected chi connectivity index (χ0v) is 13.6. The molecule has 1 aromatic heterocycles. The molecular weight excluding hydrogens is 346 g/mol. The van der Waals surface area contributed by atoms with Crippen LogP contribution >= 0.6 is 11.6 Å². The van der Waals surface area contributed by atoms with Crippen molar-refractivity contribution in [3.05, 3.63) is 58.9 Å². The Morgan fingerprint density at radius 2 is 1.96 bits per heavy atom. The molecule has 2 aromatic carbocycles. The van der Waals surface area contributed by atoms with Gasteiger partial charge in [-0.3, -0.25) is 4.79 Å². The molecule has 0 unspecified atom stereocenters. The number of halogens is 1. The van der Waals surface area contributed by atoms with Crippen LogP contribution in [0.25, 0.3) is 11.5 Å². The van der Waals surface area contributed by atoms with Gasteiger partial charge in [0.05, 0.1) is 5.56 Å². The van der Waals surface area contributed by atoms with Gasteiger partial charge in [0.25, 0.3) is 5.89 Å². The van der Waals surface area contributed by atoms with Crippen molar-refractivity contribution in [1.82, 2.24) is 10.1 Å². The fourth-order valence-electron chi connectivity index (χ4n) is 2.20. The lowest BCUT2D eigenvalue weighted by atomic mass is 9.77. The predicted octanol–water partition coefficient (Wildman–Crippen LogP) is 1.46. The number of aromatic nitrogens is 2. The molecule has 3 rings (SSSR count). The Balaban J connectivity index is 1.76. The van der Waals surface area contributed by atoms with Crippen LogP contribution in [0.15, 0.2) is 47.0 Å². The number of nitrogens with zero attached hydrogens (tertiary/aromatic N) is 2. The number of hydrogen-bond donors (Lipinski definition) is 2. The summed E-state index contributed by atoms with van der Waals surface area (Å²) in [5.41, 5.74) is 0.823. The summed E-state index contributed by atoms with van der Waals surface area (Å²) in [5, 5.41) is 23.0. The van der Waals surface area contributed by atoms with Crippen LogP contribution in [0.2, 0.25) is 5.02 Å². The zero-order valence-electron chi connectivity index (χ0n) is 12.8. The molecule has 0 saturated carbocycles. The molecular formula is C16H12BClN2O5. The van der Waals surface area contributed by atoms with Gasteiger partial charge in [-0.15, -0.1) is 0 Å². The SMILES string of the molecule is O=Cc1c(OCc2noc(-c3ccc(Cl)cc3)n2)cccc1B(O)O. The number of benzene rings is 2. The van der Waals surface area contributed by atoms with E-state index in [0.717, 1.165) is 0 Å². The Morgan fingerprint density at radius 1 is 1.20 bits per heavy atom. The summed E-state index contributed by atoms with van der Waals surface area (Å²) in [6.07, 6.45) is 0.499. The Labute approximate surface area is 148 Å². The van der Waals surface area contributed by atoms with E-state index in [1.165, 1.54) is 12.1 Å². The van der Waals surface area contributed by atoms with E-state index in [0.29, 0.717) is 22.8 Å². The molecule has 0 aliphatic carbocycles. The molecule has 1 heterocycles. The highest BCUT2D eigenvalue weighted by Gasteiger charge is 2.19. The van der Waals surface area contributed by atoms with Crippen molar-refractivity contribution in [2.24, 2.45) is 0 Å². The van der Waals surface area contributed by atoms with Crippen molar-refractivity contribution in [2.45, 2.75) is 6.61 Å². The van der Waals surface area contributed by atoms with Crippen molar-refractivity contribution >= 4 is 30.5 Å². The first-order chi connectivity index (χ1) is 12.1. The minimum atomic E-state index is -1.77. The smallest absolute Gasteiger partial charge is 0.485 e. The Morgan fingerprint density at radius 3 is 2.64 bits per heavy atom. The van der Waals surface area contributed by atoms with E-state index in [-0.39, 0.29) is 29.2 Å². The summed E-state index contributed by atoms with van der Waals surface area (Å²) >= 11 is 5.83. The first-order valence-electron chi connectivity index (χ1n) is 7.24. The number of carbonyl (C=O) groups is 1. The molecule has 0 aliphatic heterocycles. The van der Waals surface area contributed by atoms with Gasteiger partial charge >= 0.3 is 7.12 Å². The lowest BCUT2D eigenvalue weighted by Crippen LogP contribution is -2.33. The van der Waals surface area contributed by atoms with Crippen LogP contribution in [-0.4, -0.2) is 33.6 Å². The fraction of sp³-hybridized carbons (Fsp3) is 0.0625. The van der Waals surface area contributed by atoms with Gasteiger partial charge in [-0.2, -0.15) is 4.98 Å². The highest BCUT2D eigenvalue weighted by molar-refractivity contribution is 6.60. The Kier molecular flexibility index (Phi) is 5.13. The first-order valence-corrected chi connectivity index (χ1v) is 7.62. The van der Waals surface area contributed by atoms with Crippen LogP contribution in [0.3, 0.4) is 0 Å². The molecule has 0 saturated heterocycles. The van der Waals surface area contributed by atoms with Crippen LogP contribution in [0.5, 0.6) is 5.75 Å². The maximum atomic E-state index is 11.2. The molecule has 3 aromatic rings. The molecule has 0 spiro atoms. The van der Waals surface area contributed by atoms with Gasteiger partial charge < -0.3 is 19.3 Å². The summed E-state index contributed by atoms with van der Waals surface area (Å²) in [7, 11) is -1.77. The quantitative estimate of drug-likeness (QED) is 0.507. The van der Waals surface area contributed by atoms with E-state index >= 15 is 0 Å². The largest absolute Gasteiger partial charge is 0.489 e. The topological polar surface area (TPSA) is 106 Å². The zero-order chi connectivity index (χ0) is 17.8. The third-order valence-electron chi connectivity index (χ3n) is 3.41. The van der Waals surface area contributed by atoms with Gasteiger partial charge in [0, 0.05) is 10.6 Å². The van der Waals surface area contributed by atoms with Gasteiger partial charge in [0.15, 0.2) is 12.9 Å². The monoisotopic (exact) mass is 358 g/mol. The number of aldehydes is 1. The number of ether oxygens (including phenoxy) is 1. The van der Waals surface area contributed by atoms with Crippen LogP contribution < -0.4 is 10.2 Å². The highest BCUT2D eigenvalue weighted by atomic mass is 35.5. The van der Waals surface area contributed by atoms with Crippen LogP contribution in [0.4, 0.5) is 0 Å². The molecule has 126 valence electrons. The molecule has 0 atom stereocenters. The Hall–Kier alpha value is -2.68. The van der Waals surface area contributed by atoms with Crippen LogP contribution in [-0.2, 0) is 6.61 Å². The lowest BCUT2D eigenvalue weighted by Gasteiger charge is -2.10. The molecule has 2 N–H and O–H groups in total. The molecule has 9 heteroatoms. The summed E-state index contributed by atoms with van der Waals surface area (Å²) in [5.74, 6) is 0.778. The third kappa shape index (κ3) is 3.88. The molecule has 7 nitrogen and oxygen atoms in total. The summed E-state index contributed by atoms with van der Waals surface area (Å²) in [6.45, 7) is -0.0527. The van der Waals surface area contributed by atoms with Gasteiger partial charge in [0.2, 0.25) is 5.82 Å². The standard InChI is InChI=1S/C16H12BClN2O5/c18-11-6-4-10(5-7-11)16-19-15(20-25-16)9-24-14-3-1-2-13(17(22)23)12(14)8-21/h1-8,22-23H,9H2. The van der Waals surface area contributed by atoms with E-state index in [1.807, 2.05) is 0 Å². The minimum absolute atomic E-state index is 0.0527. The first kappa shape index (κ1) is 17.2. The van der Waals surface area contributed by atoms with Crippen LogP contribution in [0, 0.1) is 0 Å². The molecule has 25 heavy (non-hydrogen) atoms. The van der Waals surface area contributed by atoms with Crippen molar-refractivity contribution in [3.63, 3.8) is 0 Å². The number of hydrogen-bond acceptors (Lipinski definition) is 7. The lowest BCUT2D eigenvalue weighted by molar-refractivity contribution is 0.111. The summed E-state index contributed by atoms with van der Waals surface area (Å²) < 4.78 is 10.7. The molecule has 0 radical (unpaired) electrons. The fourth-order valence-corrected chi connectivity index (χ4v) is 2.33. The van der Waals surface area contributed by atoms with E-state index in [9.17, 15) is 14.8 Å². The average molecular weight is 359 g/mol. The van der Waals surface area contributed by atoms with Gasteiger partial charge in [-0.1, -0.05) is 28.9 Å². The minimum Gasteiger partial charge on any atom is -0.485 e. The summed E-state index contributed by atoms with van der Waals surface area (Å²) in [6, 6.07) is 11.4. The predicted molar refractivity (Wildman–Crippen MR) is 90.7 cm³/mol. The van der Waals surface area contributed by atoms with Crippen LogP contribution in [0.1, 0.15) is 16.2 Å². The molecule has 0 bridgehead atoms. The second-order valence-corrected chi connectivity index (χ2v) is 5.50. The van der Waals surface area contributed by atoms with E-state index in [4.69, 9.17) is 20.9 Å². The maximum absolute atomic E-state index is 11.2. The van der Waals surface area contributed by atoms with Gasteiger partial charge in [-0.25, -0.2) is 0 Å². The second kappa shape index (κ2) is 7.48. The molecule has 0 fully saturated rings. The average Bonchev–Trinajstić information content (AvgIpc) is 3.09. The van der Waals surface area contributed by atoms with Gasteiger partial charge in [-0.05, 0) is 35.8 Å². The Bertz CT molecular complexity index is 882.